The minimum absolute atomic E-state index is 0.00922. The van der Waals surface area contributed by atoms with Gasteiger partial charge in [-0.15, -0.1) is 0 Å². The number of rotatable bonds is 2. The quantitative estimate of drug-likeness (QED) is 0.744. The molecule has 0 radical (unpaired) electrons. The maximum absolute atomic E-state index is 14.8. The van der Waals surface area contributed by atoms with Crippen LogP contribution in [0.3, 0.4) is 0 Å². The summed E-state index contributed by atoms with van der Waals surface area (Å²) in [4.78, 5) is 0. The summed E-state index contributed by atoms with van der Waals surface area (Å²) in [6.45, 7) is 8.94. The highest BCUT2D eigenvalue weighted by Gasteiger charge is 2.38. The number of benzene rings is 1. The fourth-order valence-corrected chi connectivity index (χ4v) is 4.39. The van der Waals surface area contributed by atoms with Gasteiger partial charge < -0.3 is 5.32 Å². The molecule has 1 fully saturated rings. The Morgan fingerprint density at radius 1 is 0.917 bits per heavy atom. The molecule has 2 heteroatoms. The zero-order valence-electron chi connectivity index (χ0n) is 15.1. The Balaban J connectivity index is 1.87. The first-order valence-electron chi connectivity index (χ1n) is 8.86. The van der Waals surface area contributed by atoms with E-state index in [-0.39, 0.29) is 22.8 Å². The van der Waals surface area contributed by atoms with E-state index in [1.165, 1.54) is 0 Å². The third-order valence-corrected chi connectivity index (χ3v) is 5.02. The number of halogens is 1. The molecule has 24 heavy (non-hydrogen) atoms. The molecule has 1 N–H and O–H groups in total. The average molecular weight is 325 g/mol. The van der Waals surface area contributed by atoms with Gasteiger partial charge in [0.15, 0.2) is 0 Å². The van der Waals surface area contributed by atoms with Gasteiger partial charge >= 0.3 is 0 Å². The monoisotopic (exact) mass is 325 g/mol. The number of hydrogen-bond acceptors (Lipinski definition) is 1. The Bertz CT molecular complexity index is 662. The maximum atomic E-state index is 14.8. The molecule has 1 aliphatic heterocycles. The lowest BCUT2D eigenvalue weighted by Crippen LogP contribution is -2.57. The normalized spacial score (nSPS) is 23.4. The summed E-state index contributed by atoms with van der Waals surface area (Å²) in [6.07, 6.45) is 14.0. The molecule has 1 aliphatic carbocycles. The third kappa shape index (κ3) is 3.87. The van der Waals surface area contributed by atoms with E-state index in [1.54, 1.807) is 6.07 Å². The summed E-state index contributed by atoms with van der Waals surface area (Å²) >= 11 is 0. The van der Waals surface area contributed by atoms with Crippen LogP contribution >= 0.6 is 0 Å². The van der Waals surface area contributed by atoms with Crippen molar-refractivity contribution in [2.24, 2.45) is 0 Å². The highest BCUT2D eigenvalue weighted by molar-refractivity contribution is 5.37. The average Bonchev–Trinajstić information content (AvgIpc) is 2.73. The van der Waals surface area contributed by atoms with Crippen LogP contribution in [0.15, 0.2) is 54.7 Å². The van der Waals surface area contributed by atoms with Crippen LogP contribution in [0.5, 0.6) is 0 Å². The summed E-state index contributed by atoms with van der Waals surface area (Å²) in [6, 6.07) is 5.86. The Kier molecular flexibility index (Phi) is 4.52. The van der Waals surface area contributed by atoms with Crippen molar-refractivity contribution >= 4 is 0 Å². The second-order valence-corrected chi connectivity index (χ2v) is 8.46. The van der Waals surface area contributed by atoms with Crippen molar-refractivity contribution in [2.75, 3.05) is 0 Å². The van der Waals surface area contributed by atoms with Gasteiger partial charge in [-0.1, -0.05) is 48.6 Å². The minimum atomic E-state index is -0.0946. The van der Waals surface area contributed by atoms with Crippen LogP contribution in [-0.4, -0.2) is 11.1 Å². The van der Waals surface area contributed by atoms with Gasteiger partial charge in [-0.2, -0.15) is 0 Å². The molecular formula is C22H28FN. The van der Waals surface area contributed by atoms with Crippen LogP contribution in [0.4, 0.5) is 4.39 Å². The summed E-state index contributed by atoms with van der Waals surface area (Å²) in [5.74, 6) is 0.305. The van der Waals surface area contributed by atoms with E-state index in [9.17, 15) is 4.39 Å². The number of allylic oxidation sites excluding steroid dienone is 6. The summed E-state index contributed by atoms with van der Waals surface area (Å²) in [7, 11) is 0. The van der Waals surface area contributed by atoms with Gasteiger partial charge in [0.2, 0.25) is 0 Å². The van der Waals surface area contributed by atoms with Crippen LogP contribution in [0.2, 0.25) is 0 Å². The fraction of sp³-hybridized carbons (Fsp3) is 0.455. The van der Waals surface area contributed by atoms with Gasteiger partial charge in [-0.25, -0.2) is 4.39 Å². The Labute approximate surface area is 145 Å². The maximum Gasteiger partial charge on any atom is 0.127 e. The number of piperidine rings is 1. The van der Waals surface area contributed by atoms with E-state index in [4.69, 9.17) is 0 Å². The second kappa shape index (κ2) is 6.33. The molecule has 0 spiro atoms. The first kappa shape index (κ1) is 17.2. The van der Waals surface area contributed by atoms with E-state index in [1.807, 2.05) is 42.5 Å². The van der Waals surface area contributed by atoms with Crippen molar-refractivity contribution < 1.29 is 4.39 Å². The molecule has 128 valence electrons. The molecule has 0 aromatic heterocycles. The van der Waals surface area contributed by atoms with Gasteiger partial charge in [-0.05, 0) is 63.6 Å². The molecule has 0 saturated carbocycles. The molecule has 2 aliphatic rings. The van der Waals surface area contributed by atoms with Crippen LogP contribution in [0.1, 0.15) is 63.5 Å². The largest absolute Gasteiger partial charge is 0.307 e. The molecule has 1 aromatic rings. The van der Waals surface area contributed by atoms with Crippen LogP contribution in [0.25, 0.3) is 0 Å². The van der Waals surface area contributed by atoms with E-state index < -0.39 is 0 Å². The summed E-state index contributed by atoms with van der Waals surface area (Å²) in [5, 5.41) is 3.70. The lowest BCUT2D eigenvalue weighted by atomic mass is 9.73. The molecule has 1 nitrogen and oxygen atoms in total. The molecule has 0 bridgehead atoms. The topological polar surface area (TPSA) is 12.0 Å². The Morgan fingerprint density at radius 3 is 2.04 bits per heavy atom. The smallest absolute Gasteiger partial charge is 0.127 e. The number of hydrogen-bond donors (Lipinski definition) is 1. The molecule has 1 heterocycles. The van der Waals surface area contributed by atoms with Crippen LogP contribution < -0.4 is 5.32 Å². The van der Waals surface area contributed by atoms with Gasteiger partial charge in [-0.3, -0.25) is 0 Å². The van der Waals surface area contributed by atoms with Crippen molar-refractivity contribution in [2.45, 2.75) is 63.5 Å². The van der Waals surface area contributed by atoms with E-state index in [0.717, 1.165) is 24.0 Å². The molecule has 1 aromatic carbocycles. The molecule has 3 rings (SSSR count). The van der Waals surface area contributed by atoms with Crippen LogP contribution in [0, 0.1) is 5.82 Å². The fourth-order valence-electron chi connectivity index (χ4n) is 4.39. The lowest BCUT2D eigenvalue weighted by molar-refractivity contribution is 0.161. The first-order valence-corrected chi connectivity index (χ1v) is 8.86. The van der Waals surface area contributed by atoms with Crippen molar-refractivity contribution in [3.05, 3.63) is 71.6 Å². The Hall–Kier alpha value is -1.67. The highest BCUT2D eigenvalue weighted by atomic mass is 19.1. The zero-order valence-corrected chi connectivity index (χ0v) is 15.1. The predicted molar refractivity (Wildman–Crippen MR) is 99.8 cm³/mol. The molecule has 1 saturated heterocycles. The summed E-state index contributed by atoms with van der Waals surface area (Å²) < 4.78 is 14.8. The Morgan fingerprint density at radius 2 is 1.50 bits per heavy atom. The molecule has 0 amide bonds. The van der Waals surface area contributed by atoms with E-state index in [0.29, 0.717) is 5.92 Å². The highest BCUT2D eigenvalue weighted by Crippen LogP contribution is 2.39. The van der Waals surface area contributed by atoms with Crippen molar-refractivity contribution in [1.82, 2.24) is 5.32 Å². The zero-order chi connectivity index (χ0) is 17.4. The molecular weight excluding hydrogens is 297 g/mol. The van der Waals surface area contributed by atoms with Crippen LogP contribution in [-0.2, 0) is 0 Å². The van der Waals surface area contributed by atoms with Gasteiger partial charge in [0.05, 0.1) is 0 Å². The third-order valence-electron chi connectivity index (χ3n) is 5.02. The second-order valence-electron chi connectivity index (χ2n) is 8.46. The minimum Gasteiger partial charge on any atom is -0.307 e. The van der Waals surface area contributed by atoms with Gasteiger partial charge in [0.25, 0.3) is 0 Å². The molecule has 0 unspecified atom stereocenters. The predicted octanol–water partition coefficient (Wildman–Crippen LogP) is 5.62. The van der Waals surface area contributed by atoms with Crippen molar-refractivity contribution in [3.63, 3.8) is 0 Å². The van der Waals surface area contributed by atoms with E-state index in [2.05, 4.69) is 39.1 Å². The van der Waals surface area contributed by atoms with Crippen molar-refractivity contribution in [1.29, 1.82) is 0 Å². The molecule has 0 atom stereocenters. The lowest BCUT2D eigenvalue weighted by Gasteiger charge is -2.46. The first-order chi connectivity index (χ1) is 11.3. The standard InChI is InChI=1S/C22H28FN/c1-21(2)14-18(15-22(3,4)24-21)17-11-12-19(20(23)13-17)16-9-7-5-6-8-10-16/h5-13,16,18,24H,14-15H2,1-4H3. The van der Waals surface area contributed by atoms with Gasteiger partial charge in [0.1, 0.15) is 5.82 Å². The van der Waals surface area contributed by atoms with Gasteiger partial charge in [0, 0.05) is 17.0 Å². The summed E-state index contributed by atoms with van der Waals surface area (Å²) in [5.41, 5.74) is 2.01. The van der Waals surface area contributed by atoms with E-state index >= 15 is 0 Å². The SMILES string of the molecule is CC1(C)CC(c2ccc(C3C=CC=CC=C3)c(F)c2)CC(C)(C)N1. The van der Waals surface area contributed by atoms with Crippen molar-refractivity contribution in [3.8, 4) is 0 Å². The number of nitrogens with one attached hydrogen (secondary N) is 1.